The summed E-state index contributed by atoms with van der Waals surface area (Å²) in [5.41, 5.74) is 5.13. The summed E-state index contributed by atoms with van der Waals surface area (Å²) in [6.45, 7) is 4.34. The van der Waals surface area contributed by atoms with Crippen LogP contribution < -0.4 is 10.5 Å². The average molecular weight is 438 g/mol. The van der Waals surface area contributed by atoms with E-state index < -0.39 is 21.3 Å². The largest absolute Gasteiger partial charge is 0.493 e. The van der Waals surface area contributed by atoms with E-state index in [1.54, 1.807) is 18.2 Å². The Labute approximate surface area is 174 Å². The number of benzene rings is 1. The van der Waals surface area contributed by atoms with E-state index in [2.05, 4.69) is 4.98 Å². The number of rotatable bonds is 6. The van der Waals surface area contributed by atoms with Crippen LogP contribution in [0, 0.1) is 11.7 Å². The number of ether oxygens (including phenoxy) is 1. The van der Waals surface area contributed by atoms with Crippen molar-refractivity contribution in [2.75, 3.05) is 12.3 Å². The minimum atomic E-state index is -4.15. The molecule has 2 heterocycles. The summed E-state index contributed by atoms with van der Waals surface area (Å²) in [5.74, 6) is 0.0552. The molecule has 0 bridgehead atoms. The van der Waals surface area contributed by atoms with E-state index in [0.29, 0.717) is 17.9 Å². The topological polar surface area (TPSA) is 85.5 Å². The molecule has 0 radical (unpaired) electrons. The number of nitrogen functional groups attached to an aromatic ring is 1. The normalized spacial score (nSPS) is 16.8. The molecule has 1 aromatic heterocycles. The Bertz CT molecular complexity index is 1070. The fraction of sp³-hybridized carbons (Fsp3) is 0.250. The fourth-order valence-corrected chi connectivity index (χ4v) is 4.68. The summed E-state index contributed by atoms with van der Waals surface area (Å²) < 4.78 is 47.3. The van der Waals surface area contributed by atoms with Gasteiger partial charge >= 0.3 is 0 Å². The van der Waals surface area contributed by atoms with Crippen molar-refractivity contribution in [2.24, 2.45) is 5.92 Å². The third kappa shape index (κ3) is 4.71. The molecule has 0 aliphatic carbocycles. The Morgan fingerprint density at radius 2 is 2.07 bits per heavy atom. The van der Waals surface area contributed by atoms with Crippen LogP contribution in [-0.4, -0.2) is 29.8 Å². The van der Waals surface area contributed by atoms with Gasteiger partial charge in [-0.05, 0) is 42.3 Å². The number of sulfonamides is 1. The number of nitrogens with two attached hydrogens (primary N) is 1. The first-order valence-electron chi connectivity index (χ1n) is 8.92. The molecule has 1 atom stereocenters. The number of nitrogens with zero attached hydrogens (tertiary/aromatic N) is 2. The lowest BCUT2D eigenvalue weighted by Crippen LogP contribution is -2.36. The first-order valence-corrected chi connectivity index (χ1v) is 10.8. The lowest BCUT2D eigenvalue weighted by atomic mass is 10.1. The van der Waals surface area contributed by atoms with E-state index in [9.17, 15) is 12.8 Å². The van der Waals surface area contributed by atoms with Crippen molar-refractivity contribution < 1.29 is 17.5 Å². The quantitative estimate of drug-likeness (QED) is 0.545. The third-order valence-electron chi connectivity index (χ3n) is 4.00. The van der Waals surface area contributed by atoms with Gasteiger partial charge in [0.1, 0.15) is 22.9 Å². The van der Waals surface area contributed by atoms with Crippen molar-refractivity contribution in [2.45, 2.75) is 24.4 Å². The van der Waals surface area contributed by atoms with Gasteiger partial charge in [-0.3, -0.25) is 0 Å². The monoisotopic (exact) mass is 437 g/mol. The van der Waals surface area contributed by atoms with Crippen molar-refractivity contribution >= 4 is 33.1 Å². The Balaban J connectivity index is 2.06. The second-order valence-corrected chi connectivity index (χ2v) is 9.10. The molecule has 3 rings (SSSR count). The summed E-state index contributed by atoms with van der Waals surface area (Å²) in [5, 5.41) is -0.253. The zero-order valence-electron chi connectivity index (χ0n) is 15.9. The van der Waals surface area contributed by atoms with E-state index in [-0.39, 0.29) is 22.5 Å². The molecule has 9 heteroatoms. The van der Waals surface area contributed by atoms with Gasteiger partial charge in [0.05, 0.1) is 12.3 Å². The Hall–Kier alpha value is -2.58. The maximum absolute atomic E-state index is 14.2. The maximum atomic E-state index is 14.2. The Morgan fingerprint density at radius 3 is 2.76 bits per heavy atom. The van der Waals surface area contributed by atoms with Crippen LogP contribution in [0.2, 0.25) is 0 Å². The summed E-state index contributed by atoms with van der Waals surface area (Å²) >= 11 is 6.32. The number of hydrogen-bond acceptors (Lipinski definition) is 5. The van der Waals surface area contributed by atoms with Gasteiger partial charge in [0, 0.05) is 11.6 Å². The van der Waals surface area contributed by atoms with Gasteiger partial charge in [-0.25, -0.2) is 13.7 Å². The lowest BCUT2D eigenvalue weighted by Gasteiger charge is -2.31. The number of allylic oxidation sites excluding steroid dienone is 2. The molecule has 0 spiro atoms. The van der Waals surface area contributed by atoms with Crippen molar-refractivity contribution in [1.29, 1.82) is 0 Å². The molecule has 0 fully saturated rings. The smallest absolute Gasteiger partial charge is 0.283 e. The van der Waals surface area contributed by atoms with E-state index in [1.807, 2.05) is 13.8 Å². The molecule has 1 unspecified atom stereocenters. The first-order chi connectivity index (χ1) is 13.7. The molecule has 2 aromatic rings. The van der Waals surface area contributed by atoms with E-state index in [4.69, 9.17) is 22.1 Å². The molecule has 1 aliphatic rings. The van der Waals surface area contributed by atoms with Crippen LogP contribution in [0.15, 0.2) is 59.7 Å². The second kappa shape index (κ2) is 8.42. The zero-order valence-corrected chi connectivity index (χ0v) is 17.5. The highest BCUT2D eigenvalue weighted by Crippen LogP contribution is 2.35. The highest BCUT2D eigenvalue weighted by molar-refractivity contribution is 7.89. The molecule has 0 saturated heterocycles. The van der Waals surface area contributed by atoms with E-state index in [1.165, 1.54) is 36.4 Å². The summed E-state index contributed by atoms with van der Waals surface area (Å²) in [6.07, 6.45) is 4.67. The highest BCUT2D eigenvalue weighted by atomic mass is 35.5. The van der Waals surface area contributed by atoms with Gasteiger partial charge in [0.15, 0.2) is 5.03 Å². The van der Waals surface area contributed by atoms with Gasteiger partial charge in [-0.2, -0.15) is 8.42 Å². The number of halogens is 2. The molecular formula is C20H21ClFN3O3S. The van der Waals surface area contributed by atoms with Gasteiger partial charge in [-0.1, -0.05) is 37.6 Å². The van der Waals surface area contributed by atoms with Crippen molar-refractivity contribution in [3.8, 4) is 5.75 Å². The SMILES string of the molecule is CC(C)COc1cc(F)cc(C2=CC=CC(Cl)N2S(=O)(=O)c2cccc(N)n2)c1. The zero-order chi connectivity index (χ0) is 21.2. The average Bonchev–Trinajstić information content (AvgIpc) is 2.65. The summed E-state index contributed by atoms with van der Waals surface area (Å²) in [6, 6.07) is 8.35. The molecule has 1 aromatic carbocycles. The predicted octanol–water partition coefficient (Wildman–Crippen LogP) is 4.00. The van der Waals surface area contributed by atoms with Crippen molar-refractivity contribution in [1.82, 2.24) is 9.29 Å². The molecule has 0 saturated carbocycles. The number of hydrogen-bond donors (Lipinski definition) is 1. The number of anilines is 1. The highest BCUT2D eigenvalue weighted by Gasteiger charge is 2.34. The predicted molar refractivity (Wildman–Crippen MR) is 111 cm³/mol. The molecular weight excluding hydrogens is 417 g/mol. The van der Waals surface area contributed by atoms with Crippen LogP contribution in [0.3, 0.4) is 0 Å². The van der Waals surface area contributed by atoms with E-state index in [0.717, 1.165) is 4.31 Å². The number of aromatic nitrogens is 1. The summed E-state index contributed by atoms with van der Waals surface area (Å²) in [4.78, 5) is 3.91. The molecule has 1 aliphatic heterocycles. The standard InChI is InChI=1S/C20H21ClFN3O3S/c1-13(2)12-28-16-10-14(9-15(22)11-16)17-5-3-6-18(21)25(17)29(26,27)20-8-4-7-19(23)24-20/h3-11,13,18H,12H2,1-2H3,(H2,23,24). The van der Waals surface area contributed by atoms with Gasteiger partial charge in [0.25, 0.3) is 10.0 Å². The summed E-state index contributed by atoms with van der Waals surface area (Å²) in [7, 11) is -4.15. The van der Waals surface area contributed by atoms with E-state index >= 15 is 0 Å². The molecule has 2 N–H and O–H groups in total. The third-order valence-corrected chi connectivity index (χ3v) is 6.16. The van der Waals surface area contributed by atoms with Crippen LogP contribution in [-0.2, 0) is 10.0 Å². The maximum Gasteiger partial charge on any atom is 0.283 e. The van der Waals surface area contributed by atoms with Gasteiger partial charge in [-0.15, -0.1) is 0 Å². The lowest BCUT2D eigenvalue weighted by molar-refractivity contribution is 0.270. The Morgan fingerprint density at radius 1 is 1.31 bits per heavy atom. The van der Waals surface area contributed by atoms with Crippen LogP contribution in [0.25, 0.3) is 5.70 Å². The molecule has 154 valence electrons. The van der Waals surface area contributed by atoms with Crippen LogP contribution in [0.1, 0.15) is 19.4 Å². The van der Waals surface area contributed by atoms with Gasteiger partial charge in [0.2, 0.25) is 0 Å². The second-order valence-electron chi connectivity index (χ2n) is 6.89. The van der Waals surface area contributed by atoms with Crippen LogP contribution in [0.4, 0.5) is 10.2 Å². The molecule has 29 heavy (non-hydrogen) atoms. The first kappa shape index (κ1) is 21.1. The molecule has 0 amide bonds. The fourth-order valence-electron chi connectivity index (χ4n) is 2.74. The van der Waals surface area contributed by atoms with Crippen molar-refractivity contribution in [3.05, 3.63) is 66.0 Å². The van der Waals surface area contributed by atoms with Crippen molar-refractivity contribution in [3.63, 3.8) is 0 Å². The molecule has 6 nitrogen and oxygen atoms in total. The van der Waals surface area contributed by atoms with Gasteiger partial charge < -0.3 is 10.5 Å². The van der Waals surface area contributed by atoms with Crippen LogP contribution in [0.5, 0.6) is 5.75 Å². The minimum absolute atomic E-state index is 0.0606. The Kier molecular flexibility index (Phi) is 6.14. The van der Waals surface area contributed by atoms with Crippen LogP contribution >= 0.6 is 11.6 Å². The number of pyridine rings is 1. The minimum Gasteiger partial charge on any atom is -0.493 e. The number of alkyl halides is 1.